The number of nitrogens with one attached hydrogen (secondary N) is 1. The van der Waals surface area contributed by atoms with Gasteiger partial charge in [-0.25, -0.2) is 4.39 Å². The summed E-state index contributed by atoms with van der Waals surface area (Å²) >= 11 is 11.9. The van der Waals surface area contributed by atoms with E-state index in [9.17, 15) is 4.39 Å². The van der Waals surface area contributed by atoms with E-state index in [4.69, 9.17) is 29.0 Å². The predicted molar refractivity (Wildman–Crippen MR) is 76.2 cm³/mol. The predicted octanol–water partition coefficient (Wildman–Crippen LogP) is 3.85. The molecule has 19 heavy (non-hydrogen) atoms. The first kappa shape index (κ1) is 12.9. The molecule has 1 aliphatic rings. The Morgan fingerprint density at radius 2 is 2.00 bits per heavy atom. The Kier molecular flexibility index (Phi) is 3.25. The Morgan fingerprint density at radius 1 is 1.26 bits per heavy atom. The fourth-order valence-electron chi connectivity index (χ4n) is 2.65. The number of hydrogen-bond acceptors (Lipinski definition) is 3. The van der Waals surface area contributed by atoms with E-state index in [0.717, 1.165) is 36.9 Å². The third kappa shape index (κ3) is 1.95. The Balaban J connectivity index is 2.44. The Morgan fingerprint density at radius 3 is 2.74 bits per heavy atom. The molecule has 1 heterocycles. The number of pyridine rings is 1. The number of benzene rings is 1. The molecule has 0 radical (unpaired) electrons. The summed E-state index contributed by atoms with van der Waals surface area (Å²) in [5.74, 6) is 4.97. The van der Waals surface area contributed by atoms with E-state index >= 15 is 0 Å². The quantitative estimate of drug-likeness (QED) is 0.478. The molecule has 3 N–H and O–H groups in total. The van der Waals surface area contributed by atoms with Gasteiger partial charge in [-0.2, -0.15) is 0 Å². The third-order valence-corrected chi connectivity index (χ3v) is 4.16. The largest absolute Gasteiger partial charge is 0.323 e. The van der Waals surface area contributed by atoms with Crippen LogP contribution in [0, 0.1) is 5.82 Å². The van der Waals surface area contributed by atoms with Crippen molar-refractivity contribution in [1.82, 2.24) is 4.98 Å². The molecule has 100 valence electrons. The number of hydrogen-bond donors (Lipinski definition) is 2. The van der Waals surface area contributed by atoms with Crippen molar-refractivity contribution >= 4 is 39.8 Å². The normalized spacial score (nSPS) is 14.5. The van der Waals surface area contributed by atoms with Crippen molar-refractivity contribution in [3.8, 4) is 0 Å². The first-order chi connectivity index (χ1) is 9.13. The van der Waals surface area contributed by atoms with E-state index in [-0.39, 0.29) is 10.0 Å². The maximum Gasteiger partial charge on any atom is 0.161 e. The van der Waals surface area contributed by atoms with Crippen molar-refractivity contribution in [3.63, 3.8) is 0 Å². The van der Waals surface area contributed by atoms with Crippen molar-refractivity contribution in [2.45, 2.75) is 25.7 Å². The van der Waals surface area contributed by atoms with Crippen LogP contribution in [-0.2, 0) is 12.8 Å². The lowest BCUT2D eigenvalue weighted by Crippen LogP contribution is -2.15. The second-order valence-corrected chi connectivity index (χ2v) is 5.43. The summed E-state index contributed by atoms with van der Waals surface area (Å²) in [5, 5.41) is 0.451. The van der Waals surface area contributed by atoms with Crippen LogP contribution in [0.3, 0.4) is 0 Å². The van der Waals surface area contributed by atoms with Crippen molar-refractivity contribution in [1.29, 1.82) is 0 Å². The molecule has 0 saturated heterocycles. The molecule has 1 aromatic heterocycles. The van der Waals surface area contributed by atoms with Gasteiger partial charge in [0.25, 0.3) is 0 Å². The van der Waals surface area contributed by atoms with Crippen LogP contribution in [0.2, 0.25) is 10.0 Å². The number of nitrogens with two attached hydrogens (primary N) is 1. The van der Waals surface area contributed by atoms with Crippen LogP contribution in [0.25, 0.3) is 10.9 Å². The fourth-order valence-corrected chi connectivity index (χ4v) is 3.19. The van der Waals surface area contributed by atoms with Crippen LogP contribution >= 0.6 is 23.2 Å². The molecule has 3 nitrogen and oxygen atoms in total. The van der Waals surface area contributed by atoms with E-state index < -0.39 is 5.82 Å². The maximum absolute atomic E-state index is 13.8. The van der Waals surface area contributed by atoms with Gasteiger partial charge >= 0.3 is 0 Å². The lowest BCUT2D eigenvalue weighted by molar-refractivity contribution is 0.630. The number of nitrogens with zero attached hydrogens (tertiary/aromatic N) is 1. The molecule has 0 aliphatic heterocycles. The molecule has 3 rings (SSSR count). The van der Waals surface area contributed by atoms with Gasteiger partial charge in [-0.05, 0) is 37.3 Å². The van der Waals surface area contributed by atoms with Gasteiger partial charge in [-0.3, -0.25) is 10.8 Å². The molecule has 0 amide bonds. The summed E-state index contributed by atoms with van der Waals surface area (Å²) in [5.41, 5.74) is 5.92. The number of anilines is 1. The molecule has 1 aliphatic carbocycles. The Bertz CT molecular complexity index is 673. The lowest BCUT2D eigenvalue weighted by Gasteiger charge is -2.21. The second kappa shape index (κ2) is 4.78. The zero-order chi connectivity index (χ0) is 13.6. The minimum Gasteiger partial charge on any atom is -0.323 e. The standard InChI is InChI=1S/C13H12Cl2FN3/c14-7-5-9-10(11(15)12(7)16)13(19-17)6-3-1-2-4-8(6)18-9/h5H,1-4,17H2,(H,18,19). The van der Waals surface area contributed by atoms with E-state index in [0.29, 0.717) is 16.6 Å². The number of fused-ring (bicyclic) bond motifs is 2. The summed E-state index contributed by atoms with van der Waals surface area (Å²) in [4.78, 5) is 4.56. The van der Waals surface area contributed by atoms with Gasteiger partial charge < -0.3 is 5.43 Å². The van der Waals surface area contributed by atoms with Gasteiger partial charge in [0, 0.05) is 11.1 Å². The number of aromatic nitrogens is 1. The monoisotopic (exact) mass is 299 g/mol. The lowest BCUT2D eigenvalue weighted by atomic mass is 9.93. The summed E-state index contributed by atoms with van der Waals surface area (Å²) in [6.45, 7) is 0. The Labute approximate surface area is 119 Å². The molecule has 0 bridgehead atoms. The van der Waals surface area contributed by atoms with Gasteiger partial charge in [-0.1, -0.05) is 23.2 Å². The molecule has 0 spiro atoms. The summed E-state index contributed by atoms with van der Waals surface area (Å²) in [6.07, 6.45) is 3.94. The van der Waals surface area contributed by atoms with Gasteiger partial charge in [0.15, 0.2) is 5.82 Å². The zero-order valence-electron chi connectivity index (χ0n) is 10.1. The summed E-state index contributed by atoms with van der Waals surface area (Å²) in [7, 11) is 0. The zero-order valence-corrected chi connectivity index (χ0v) is 11.6. The van der Waals surface area contributed by atoms with Gasteiger partial charge in [0.05, 0.1) is 21.2 Å². The van der Waals surface area contributed by atoms with Crippen molar-refractivity contribution in [2.24, 2.45) is 5.84 Å². The van der Waals surface area contributed by atoms with Gasteiger partial charge in [0.2, 0.25) is 0 Å². The highest BCUT2D eigenvalue weighted by molar-refractivity contribution is 6.39. The van der Waals surface area contributed by atoms with Crippen LogP contribution in [-0.4, -0.2) is 4.98 Å². The highest BCUT2D eigenvalue weighted by atomic mass is 35.5. The first-order valence-corrected chi connectivity index (χ1v) is 6.84. The van der Waals surface area contributed by atoms with Crippen molar-refractivity contribution in [3.05, 3.63) is 33.2 Å². The third-order valence-electron chi connectivity index (χ3n) is 3.53. The van der Waals surface area contributed by atoms with Crippen molar-refractivity contribution < 1.29 is 4.39 Å². The number of nitrogen functional groups attached to an aromatic ring is 1. The van der Waals surface area contributed by atoms with Crippen LogP contribution in [0.5, 0.6) is 0 Å². The topological polar surface area (TPSA) is 50.9 Å². The second-order valence-electron chi connectivity index (χ2n) is 4.64. The number of aryl methyl sites for hydroxylation is 1. The van der Waals surface area contributed by atoms with E-state index in [1.54, 1.807) is 0 Å². The minimum atomic E-state index is -0.634. The highest BCUT2D eigenvalue weighted by Crippen LogP contribution is 2.39. The van der Waals surface area contributed by atoms with Crippen LogP contribution in [0.15, 0.2) is 6.07 Å². The average Bonchev–Trinajstić information content (AvgIpc) is 2.42. The summed E-state index contributed by atoms with van der Waals surface area (Å²) < 4.78 is 13.8. The van der Waals surface area contributed by atoms with Crippen LogP contribution < -0.4 is 11.3 Å². The molecule has 0 saturated carbocycles. The summed E-state index contributed by atoms with van der Waals surface area (Å²) in [6, 6.07) is 1.49. The van der Waals surface area contributed by atoms with Gasteiger partial charge in [0.1, 0.15) is 0 Å². The first-order valence-electron chi connectivity index (χ1n) is 6.09. The molecule has 6 heteroatoms. The SMILES string of the molecule is NNc1c2c(nc3cc(Cl)c(F)c(Cl)c13)CCCC2. The minimum absolute atomic E-state index is 0.0243. The highest BCUT2D eigenvalue weighted by Gasteiger charge is 2.21. The Hall–Kier alpha value is -1.10. The van der Waals surface area contributed by atoms with E-state index in [2.05, 4.69) is 10.4 Å². The number of hydrazine groups is 1. The number of rotatable bonds is 1. The van der Waals surface area contributed by atoms with Crippen molar-refractivity contribution in [2.75, 3.05) is 5.43 Å². The van der Waals surface area contributed by atoms with E-state index in [1.165, 1.54) is 6.07 Å². The van der Waals surface area contributed by atoms with Crippen LogP contribution in [0.4, 0.5) is 10.1 Å². The number of halogens is 3. The average molecular weight is 300 g/mol. The molecular formula is C13H12Cl2FN3. The molecular weight excluding hydrogens is 288 g/mol. The molecule has 1 aromatic carbocycles. The molecule has 0 unspecified atom stereocenters. The molecule has 2 aromatic rings. The van der Waals surface area contributed by atoms with Gasteiger partial charge in [-0.15, -0.1) is 0 Å². The molecule has 0 fully saturated rings. The maximum atomic E-state index is 13.8. The van der Waals surface area contributed by atoms with Crippen LogP contribution in [0.1, 0.15) is 24.1 Å². The smallest absolute Gasteiger partial charge is 0.161 e. The fraction of sp³-hybridized carbons (Fsp3) is 0.308. The molecule has 0 atom stereocenters. The van der Waals surface area contributed by atoms with E-state index in [1.807, 2.05) is 0 Å².